The first-order valence-electron chi connectivity index (χ1n) is 11.2. The van der Waals surface area contributed by atoms with Crippen LogP contribution in [-0.4, -0.2) is 41.8 Å². The summed E-state index contributed by atoms with van der Waals surface area (Å²) < 4.78 is 5.36. The van der Waals surface area contributed by atoms with Crippen LogP contribution in [0.25, 0.3) is 0 Å². The molecule has 6 heteroatoms. The van der Waals surface area contributed by atoms with Crippen molar-refractivity contribution in [2.45, 2.75) is 57.4 Å². The Hall–Kier alpha value is -1.88. The SMILES string of the molecule is O=C(COC(=O)[C@@H]1CCCN1C(=O)C12CC3CC(CC(C3)C1)C2)c1ccc(Cl)cc1. The Kier molecular flexibility index (Phi) is 5.12. The normalized spacial score (nSPS) is 34.2. The van der Waals surface area contributed by atoms with Gasteiger partial charge in [0.15, 0.2) is 12.4 Å². The van der Waals surface area contributed by atoms with Gasteiger partial charge in [-0.3, -0.25) is 9.59 Å². The van der Waals surface area contributed by atoms with Crippen molar-refractivity contribution in [1.29, 1.82) is 0 Å². The summed E-state index contributed by atoms with van der Waals surface area (Å²) in [6, 6.07) is 5.97. The number of carbonyl (C=O) groups excluding carboxylic acids is 3. The van der Waals surface area contributed by atoms with Gasteiger partial charge in [-0.05, 0) is 93.4 Å². The first kappa shape index (κ1) is 20.0. The topological polar surface area (TPSA) is 63.7 Å². The van der Waals surface area contributed by atoms with E-state index in [0.29, 0.717) is 41.3 Å². The third kappa shape index (κ3) is 3.55. The molecule has 0 unspecified atom stereocenters. The Morgan fingerprint density at radius 2 is 1.60 bits per heavy atom. The number of esters is 1. The van der Waals surface area contributed by atoms with Crippen LogP contribution in [0.4, 0.5) is 0 Å². The molecular weight excluding hydrogens is 402 g/mol. The molecule has 1 saturated heterocycles. The Labute approximate surface area is 182 Å². The van der Waals surface area contributed by atoms with Crippen LogP contribution < -0.4 is 0 Å². The third-order valence-corrected chi connectivity index (χ3v) is 8.04. The average Bonchev–Trinajstić information content (AvgIpc) is 3.20. The van der Waals surface area contributed by atoms with Crippen molar-refractivity contribution in [3.8, 4) is 0 Å². The summed E-state index contributed by atoms with van der Waals surface area (Å²) in [5.41, 5.74) is 0.205. The molecule has 4 saturated carbocycles. The lowest BCUT2D eigenvalue weighted by atomic mass is 9.49. The zero-order valence-electron chi connectivity index (χ0n) is 17.1. The quantitative estimate of drug-likeness (QED) is 0.517. The van der Waals surface area contributed by atoms with E-state index in [1.807, 2.05) is 0 Å². The van der Waals surface area contributed by atoms with Crippen molar-refractivity contribution < 1.29 is 19.1 Å². The molecule has 1 aromatic carbocycles. The number of amides is 1. The van der Waals surface area contributed by atoms with E-state index in [9.17, 15) is 14.4 Å². The molecule has 0 radical (unpaired) electrons. The fourth-order valence-electron chi connectivity index (χ4n) is 6.88. The second-order valence-corrected chi connectivity index (χ2v) is 10.3. The number of ether oxygens (including phenoxy) is 1. The van der Waals surface area contributed by atoms with Gasteiger partial charge in [-0.1, -0.05) is 11.6 Å². The highest BCUT2D eigenvalue weighted by Gasteiger charge is 2.57. The highest BCUT2D eigenvalue weighted by molar-refractivity contribution is 6.30. The number of hydrogen-bond acceptors (Lipinski definition) is 4. The molecule has 1 amide bonds. The zero-order chi connectivity index (χ0) is 20.9. The molecule has 5 aliphatic rings. The van der Waals surface area contributed by atoms with Crippen LogP contribution in [-0.2, 0) is 14.3 Å². The monoisotopic (exact) mass is 429 g/mol. The number of rotatable bonds is 5. The lowest BCUT2D eigenvalue weighted by molar-refractivity contribution is -0.165. The molecule has 1 atom stereocenters. The molecule has 1 heterocycles. The molecule has 1 aliphatic heterocycles. The van der Waals surface area contributed by atoms with Gasteiger partial charge in [0.05, 0.1) is 5.41 Å². The summed E-state index contributed by atoms with van der Waals surface area (Å²) in [6.45, 7) is 0.307. The van der Waals surface area contributed by atoms with Crippen LogP contribution >= 0.6 is 11.6 Å². The summed E-state index contributed by atoms with van der Waals surface area (Å²) in [5.74, 6) is 1.51. The van der Waals surface area contributed by atoms with E-state index in [0.717, 1.165) is 25.7 Å². The van der Waals surface area contributed by atoms with E-state index < -0.39 is 12.0 Å². The van der Waals surface area contributed by atoms with Crippen LogP contribution in [0.1, 0.15) is 61.7 Å². The number of ketones is 1. The number of Topliss-reactive ketones (excluding diaryl/α,β-unsaturated/α-hetero) is 1. The predicted octanol–water partition coefficient (Wildman–Crippen LogP) is 4.27. The van der Waals surface area contributed by atoms with Gasteiger partial charge in [-0.15, -0.1) is 0 Å². The minimum absolute atomic E-state index is 0.171. The summed E-state index contributed by atoms with van der Waals surface area (Å²) >= 11 is 5.85. The first-order chi connectivity index (χ1) is 14.4. The fraction of sp³-hybridized carbons (Fsp3) is 0.625. The summed E-state index contributed by atoms with van der Waals surface area (Å²) in [4.78, 5) is 40.5. The molecule has 0 N–H and O–H groups in total. The van der Waals surface area contributed by atoms with Gasteiger partial charge in [0.25, 0.3) is 0 Å². The van der Waals surface area contributed by atoms with E-state index in [2.05, 4.69) is 0 Å². The molecule has 30 heavy (non-hydrogen) atoms. The van der Waals surface area contributed by atoms with Crippen molar-refractivity contribution in [3.05, 3.63) is 34.9 Å². The molecular formula is C24H28ClNO4. The van der Waals surface area contributed by atoms with E-state index >= 15 is 0 Å². The number of hydrogen-bond donors (Lipinski definition) is 0. The fourth-order valence-corrected chi connectivity index (χ4v) is 7.01. The molecule has 1 aromatic rings. The number of nitrogens with zero attached hydrogens (tertiary/aromatic N) is 1. The standard InChI is InChI=1S/C24H28ClNO4/c25-19-5-3-18(4-6-19)21(27)14-30-22(28)20-2-1-7-26(20)23(29)24-11-15-8-16(12-24)10-17(9-15)13-24/h3-6,15-17,20H,1-2,7-14H2/t15?,16?,17?,20-,24?/m0/s1. The zero-order valence-corrected chi connectivity index (χ0v) is 17.9. The minimum Gasteiger partial charge on any atom is -0.456 e. The van der Waals surface area contributed by atoms with Crippen molar-refractivity contribution in [2.75, 3.05) is 13.2 Å². The van der Waals surface area contributed by atoms with Gasteiger partial charge in [0, 0.05) is 17.1 Å². The summed E-state index contributed by atoms with van der Waals surface area (Å²) in [7, 11) is 0. The predicted molar refractivity (Wildman–Crippen MR) is 112 cm³/mol. The Morgan fingerprint density at radius 3 is 2.20 bits per heavy atom. The lowest BCUT2D eigenvalue weighted by Gasteiger charge is -2.56. The van der Waals surface area contributed by atoms with E-state index in [1.165, 1.54) is 19.3 Å². The van der Waals surface area contributed by atoms with Gasteiger partial charge in [-0.2, -0.15) is 0 Å². The maximum Gasteiger partial charge on any atom is 0.329 e. The van der Waals surface area contributed by atoms with Crippen molar-refractivity contribution in [1.82, 2.24) is 4.90 Å². The van der Waals surface area contributed by atoms with Gasteiger partial charge < -0.3 is 9.64 Å². The Balaban J connectivity index is 1.24. The van der Waals surface area contributed by atoms with Crippen molar-refractivity contribution in [3.63, 3.8) is 0 Å². The van der Waals surface area contributed by atoms with Gasteiger partial charge in [0.2, 0.25) is 5.91 Å². The smallest absolute Gasteiger partial charge is 0.329 e. The first-order valence-corrected chi connectivity index (χ1v) is 11.6. The summed E-state index contributed by atoms with van der Waals surface area (Å²) in [6.07, 6.45) is 8.25. The molecule has 4 bridgehead atoms. The maximum absolute atomic E-state index is 13.6. The molecule has 6 rings (SSSR count). The third-order valence-electron chi connectivity index (χ3n) is 7.79. The van der Waals surface area contributed by atoms with Crippen LogP contribution in [0, 0.1) is 23.2 Å². The van der Waals surface area contributed by atoms with Gasteiger partial charge in [-0.25, -0.2) is 4.79 Å². The Bertz CT molecular complexity index is 829. The molecule has 5 nitrogen and oxygen atoms in total. The number of likely N-dealkylation sites (tertiary alicyclic amines) is 1. The second-order valence-electron chi connectivity index (χ2n) is 9.89. The highest BCUT2D eigenvalue weighted by Crippen LogP contribution is 2.60. The van der Waals surface area contributed by atoms with Crippen molar-refractivity contribution >= 4 is 29.3 Å². The number of carbonyl (C=O) groups is 3. The van der Waals surface area contributed by atoms with Crippen LogP contribution in [0.15, 0.2) is 24.3 Å². The van der Waals surface area contributed by atoms with Gasteiger partial charge >= 0.3 is 5.97 Å². The average molecular weight is 430 g/mol. The summed E-state index contributed by atoms with van der Waals surface area (Å²) in [5, 5.41) is 0.549. The van der Waals surface area contributed by atoms with E-state index in [1.54, 1.807) is 29.2 Å². The highest BCUT2D eigenvalue weighted by atomic mass is 35.5. The van der Waals surface area contributed by atoms with E-state index in [-0.39, 0.29) is 23.7 Å². The second kappa shape index (κ2) is 7.67. The van der Waals surface area contributed by atoms with E-state index in [4.69, 9.17) is 16.3 Å². The molecule has 0 aromatic heterocycles. The molecule has 160 valence electrons. The maximum atomic E-state index is 13.6. The van der Waals surface area contributed by atoms with Crippen molar-refractivity contribution in [2.24, 2.45) is 23.2 Å². The molecule has 5 fully saturated rings. The van der Waals surface area contributed by atoms with Crippen LogP contribution in [0.3, 0.4) is 0 Å². The molecule has 0 spiro atoms. The largest absolute Gasteiger partial charge is 0.456 e. The number of halogens is 1. The lowest BCUT2D eigenvalue weighted by Crippen LogP contribution is -2.56. The van der Waals surface area contributed by atoms with Gasteiger partial charge in [0.1, 0.15) is 6.04 Å². The van der Waals surface area contributed by atoms with Crippen LogP contribution in [0.5, 0.6) is 0 Å². The number of benzene rings is 1. The minimum atomic E-state index is -0.552. The Morgan fingerprint density at radius 1 is 1.00 bits per heavy atom. The molecule has 4 aliphatic carbocycles. The van der Waals surface area contributed by atoms with Crippen LogP contribution in [0.2, 0.25) is 5.02 Å².